The molecule has 1 aromatic heterocycles. The summed E-state index contributed by atoms with van der Waals surface area (Å²) >= 11 is 0. The van der Waals surface area contributed by atoms with E-state index in [1.807, 2.05) is 23.2 Å². The molecule has 0 spiro atoms. The number of aromatic nitrogens is 2. The molecule has 3 aromatic rings. The number of nitrogens with zero attached hydrogens (tertiary/aromatic N) is 2. The lowest BCUT2D eigenvalue weighted by molar-refractivity contribution is 1.01. The summed E-state index contributed by atoms with van der Waals surface area (Å²) in [6.45, 7) is 0.928. The van der Waals surface area contributed by atoms with Crippen LogP contribution in [0.4, 0.5) is 5.69 Å². The molecule has 2 aromatic carbocycles. The van der Waals surface area contributed by atoms with E-state index in [0.717, 1.165) is 24.3 Å². The molecule has 0 saturated carbocycles. The highest BCUT2D eigenvalue weighted by atomic mass is 15.0. The van der Waals surface area contributed by atoms with Crippen molar-refractivity contribution >= 4 is 5.69 Å². The van der Waals surface area contributed by atoms with Gasteiger partial charge in [0.05, 0.1) is 6.33 Å². The molecule has 0 atom stereocenters. The molecular formula is C17H17N3. The minimum absolute atomic E-state index is 0.928. The molecule has 20 heavy (non-hydrogen) atoms. The first-order valence-electron chi connectivity index (χ1n) is 6.78. The molecule has 0 aliphatic heterocycles. The number of nitrogens with one attached hydrogen (secondary N) is 1. The van der Waals surface area contributed by atoms with E-state index in [2.05, 4.69) is 58.8 Å². The first kappa shape index (κ1) is 12.5. The van der Waals surface area contributed by atoms with Gasteiger partial charge in [-0.2, -0.15) is 0 Å². The van der Waals surface area contributed by atoms with Gasteiger partial charge in [0.15, 0.2) is 0 Å². The van der Waals surface area contributed by atoms with E-state index in [1.165, 1.54) is 5.56 Å². The van der Waals surface area contributed by atoms with E-state index in [4.69, 9.17) is 0 Å². The average Bonchev–Trinajstić information content (AvgIpc) is 3.03. The Morgan fingerprint density at radius 2 is 1.90 bits per heavy atom. The van der Waals surface area contributed by atoms with Crippen molar-refractivity contribution in [1.82, 2.24) is 9.55 Å². The quantitative estimate of drug-likeness (QED) is 0.763. The predicted octanol–water partition coefficient (Wildman–Crippen LogP) is 3.53. The Hall–Kier alpha value is -2.55. The number of anilines is 1. The van der Waals surface area contributed by atoms with Crippen LogP contribution < -0.4 is 5.32 Å². The van der Waals surface area contributed by atoms with E-state index >= 15 is 0 Å². The standard InChI is InChI=1S/C17H17N3/c1-2-5-15(6-3-1)9-10-19-16-7-4-8-17(13-16)20-12-11-18-14-20/h1-8,11-14,19H,9-10H2. The Labute approximate surface area is 118 Å². The van der Waals surface area contributed by atoms with Crippen LogP contribution in [-0.2, 0) is 6.42 Å². The van der Waals surface area contributed by atoms with E-state index in [0.29, 0.717) is 0 Å². The molecule has 0 unspecified atom stereocenters. The zero-order chi connectivity index (χ0) is 13.6. The number of hydrogen-bond donors (Lipinski definition) is 1. The van der Waals surface area contributed by atoms with Gasteiger partial charge in [0, 0.05) is 30.3 Å². The number of rotatable bonds is 5. The second-order valence-corrected chi connectivity index (χ2v) is 4.68. The van der Waals surface area contributed by atoms with Crippen LogP contribution in [0.25, 0.3) is 5.69 Å². The van der Waals surface area contributed by atoms with Gasteiger partial charge in [0.1, 0.15) is 0 Å². The SMILES string of the molecule is c1ccc(CCNc2cccc(-n3ccnc3)c2)cc1. The van der Waals surface area contributed by atoms with Gasteiger partial charge in [0.25, 0.3) is 0 Å². The fraction of sp³-hybridized carbons (Fsp3) is 0.118. The lowest BCUT2D eigenvalue weighted by atomic mass is 10.1. The molecule has 3 heteroatoms. The molecule has 0 aliphatic rings. The summed E-state index contributed by atoms with van der Waals surface area (Å²) in [5, 5.41) is 3.46. The molecule has 0 fully saturated rings. The van der Waals surface area contributed by atoms with Gasteiger partial charge >= 0.3 is 0 Å². The van der Waals surface area contributed by atoms with Crippen LogP contribution in [0.2, 0.25) is 0 Å². The Bertz CT molecular complexity index is 645. The van der Waals surface area contributed by atoms with Crippen LogP contribution in [-0.4, -0.2) is 16.1 Å². The van der Waals surface area contributed by atoms with Crippen molar-refractivity contribution in [3.05, 3.63) is 78.9 Å². The van der Waals surface area contributed by atoms with E-state index < -0.39 is 0 Å². The summed E-state index contributed by atoms with van der Waals surface area (Å²) in [5.74, 6) is 0. The molecule has 1 heterocycles. The lowest BCUT2D eigenvalue weighted by Gasteiger charge is -2.09. The molecular weight excluding hydrogens is 246 g/mol. The van der Waals surface area contributed by atoms with Crippen LogP contribution in [0.5, 0.6) is 0 Å². The normalized spacial score (nSPS) is 10.4. The van der Waals surface area contributed by atoms with Crippen LogP contribution in [0.1, 0.15) is 5.56 Å². The number of imidazole rings is 1. The summed E-state index contributed by atoms with van der Waals surface area (Å²) in [5.41, 5.74) is 3.60. The van der Waals surface area contributed by atoms with Crippen LogP contribution >= 0.6 is 0 Å². The summed E-state index contributed by atoms with van der Waals surface area (Å²) in [6.07, 6.45) is 6.57. The number of hydrogen-bond acceptors (Lipinski definition) is 2. The maximum absolute atomic E-state index is 4.07. The first-order valence-corrected chi connectivity index (χ1v) is 6.78. The third-order valence-corrected chi connectivity index (χ3v) is 3.23. The molecule has 0 aliphatic carbocycles. The second-order valence-electron chi connectivity index (χ2n) is 4.68. The zero-order valence-electron chi connectivity index (χ0n) is 11.2. The summed E-state index contributed by atoms with van der Waals surface area (Å²) in [4.78, 5) is 4.07. The van der Waals surface area contributed by atoms with Crippen molar-refractivity contribution in [2.45, 2.75) is 6.42 Å². The topological polar surface area (TPSA) is 29.9 Å². The van der Waals surface area contributed by atoms with Gasteiger partial charge in [0.2, 0.25) is 0 Å². The average molecular weight is 263 g/mol. The zero-order valence-corrected chi connectivity index (χ0v) is 11.2. The fourth-order valence-electron chi connectivity index (χ4n) is 2.18. The van der Waals surface area contributed by atoms with E-state index in [9.17, 15) is 0 Å². The maximum Gasteiger partial charge on any atom is 0.0991 e. The number of benzene rings is 2. The summed E-state index contributed by atoms with van der Waals surface area (Å²) in [7, 11) is 0. The third-order valence-electron chi connectivity index (χ3n) is 3.23. The highest BCUT2D eigenvalue weighted by molar-refractivity contribution is 5.51. The van der Waals surface area contributed by atoms with Crippen molar-refractivity contribution in [1.29, 1.82) is 0 Å². The molecule has 0 bridgehead atoms. The highest BCUT2D eigenvalue weighted by Gasteiger charge is 1.98. The summed E-state index contributed by atoms with van der Waals surface area (Å²) < 4.78 is 2.00. The van der Waals surface area contributed by atoms with Crippen LogP contribution in [0.15, 0.2) is 73.3 Å². The monoisotopic (exact) mass is 263 g/mol. The van der Waals surface area contributed by atoms with Crippen molar-refractivity contribution in [3.63, 3.8) is 0 Å². The van der Waals surface area contributed by atoms with Crippen LogP contribution in [0.3, 0.4) is 0 Å². The second kappa shape index (κ2) is 6.06. The molecule has 3 rings (SSSR count). The van der Waals surface area contributed by atoms with Gasteiger partial charge < -0.3 is 9.88 Å². The first-order chi connectivity index (χ1) is 9.92. The Kier molecular flexibility index (Phi) is 3.78. The highest BCUT2D eigenvalue weighted by Crippen LogP contribution is 2.14. The van der Waals surface area contributed by atoms with Gasteiger partial charge in [-0.05, 0) is 30.2 Å². The summed E-state index contributed by atoms with van der Waals surface area (Å²) in [6, 6.07) is 18.9. The minimum atomic E-state index is 0.928. The van der Waals surface area contributed by atoms with Crippen molar-refractivity contribution in [3.8, 4) is 5.69 Å². The van der Waals surface area contributed by atoms with Gasteiger partial charge in [-0.15, -0.1) is 0 Å². The van der Waals surface area contributed by atoms with Gasteiger partial charge in [-0.25, -0.2) is 4.98 Å². The Balaban J connectivity index is 1.62. The van der Waals surface area contributed by atoms with E-state index in [1.54, 1.807) is 6.20 Å². The van der Waals surface area contributed by atoms with Crippen molar-refractivity contribution < 1.29 is 0 Å². The molecule has 100 valence electrons. The molecule has 0 amide bonds. The van der Waals surface area contributed by atoms with Crippen molar-refractivity contribution in [2.75, 3.05) is 11.9 Å². The third kappa shape index (κ3) is 3.06. The lowest BCUT2D eigenvalue weighted by Crippen LogP contribution is -2.05. The van der Waals surface area contributed by atoms with E-state index in [-0.39, 0.29) is 0 Å². The smallest absolute Gasteiger partial charge is 0.0991 e. The molecule has 0 saturated heterocycles. The maximum atomic E-state index is 4.07. The predicted molar refractivity (Wildman–Crippen MR) is 82.2 cm³/mol. The van der Waals surface area contributed by atoms with Gasteiger partial charge in [-0.1, -0.05) is 36.4 Å². The molecule has 0 radical (unpaired) electrons. The fourth-order valence-corrected chi connectivity index (χ4v) is 2.18. The van der Waals surface area contributed by atoms with Crippen molar-refractivity contribution in [2.24, 2.45) is 0 Å². The Morgan fingerprint density at radius 3 is 2.70 bits per heavy atom. The van der Waals surface area contributed by atoms with Gasteiger partial charge in [-0.3, -0.25) is 0 Å². The molecule has 1 N–H and O–H groups in total. The minimum Gasteiger partial charge on any atom is -0.385 e. The Morgan fingerprint density at radius 1 is 1.00 bits per heavy atom. The molecule has 3 nitrogen and oxygen atoms in total. The van der Waals surface area contributed by atoms with Crippen LogP contribution in [0, 0.1) is 0 Å². The largest absolute Gasteiger partial charge is 0.385 e.